The quantitative estimate of drug-likeness (QED) is 0.804. The highest BCUT2D eigenvalue weighted by molar-refractivity contribution is 6.08. The Kier molecular flexibility index (Phi) is 2.65. The number of hydrogen-bond acceptors (Lipinski definition) is 3. The molecule has 1 fully saturated rings. The number of H-pyrrole nitrogens is 1. The predicted molar refractivity (Wildman–Crippen MR) is 64.0 cm³/mol. The minimum atomic E-state index is 0.00274. The third-order valence-electron chi connectivity index (χ3n) is 3.28. The fourth-order valence-electron chi connectivity index (χ4n) is 2.33. The molecule has 0 aliphatic carbocycles. The summed E-state index contributed by atoms with van der Waals surface area (Å²) in [6.45, 7) is 1.32. The summed E-state index contributed by atoms with van der Waals surface area (Å²) in [6.07, 6.45) is 7.13. The summed E-state index contributed by atoms with van der Waals surface area (Å²) in [5.41, 5.74) is 1.70. The monoisotopic (exact) mass is 230 g/mol. The highest BCUT2D eigenvalue weighted by atomic mass is 16.5. The molecule has 0 amide bonds. The third-order valence-corrected chi connectivity index (χ3v) is 3.28. The summed E-state index contributed by atoms with van der Waals surface area (Å²) >= 11 is 0. The van der Waals surface area contributed by atoms with Gasteiger partial charge in [-0.05, 0) is 18.9 Å². The zero-order valence-electron chi connectivity index (χ0n) is 9.48. The number of ketones is 1. The van der Waals surface area contributed by atoms with Crippen molar-refractivity contribution in [2.45, 2.75) is 12.8 Å². The molecule has 0 bridgehead atoms. The van der Waals surface area contributed by atoms with Gasteiger partial charge in [0, 0.05) is 47.6 Å². The van der Waals surface area contributed by atoms with Gasteiger partial charge in [0.15, 0.2) is 5.78 Å². The van der Waals surface area contributed by atoms with Crippen LogP contribution in [0.4, 0.5) is 0 Å². The van der Waals surface area contributed by atoms with Crippen LogP contribution < -0.4 is 0 Å². The van der Waals surface area contributed by atoms with Crippen molar-refractivity contribution in [3.05, 3.63) is 30.2 Å². The molecule has 4 heteroatoms. The van der Waals surface area contributed by atoms with Gasteiger partial charge >= 0.3 is 0 Å². The molecule has 88 valence electrons. The Morgan fingerprint density at radius 3 is 3.29 bits per heavy atom. The van der Waals surface area contributed by atoms with Crippen molar-refractivity contribution in [2.75, 3.05) is 13.2 Å². The van der Waals surface area contributed by atoms with E-state index in [1.807, 2.05) is 6.07 Å². The lowest BCUT2D eigenvalue weighted by Gasteiger charge is -2.20. The average molecular weight is 230 g/mol. The summed E-state index contributed by atoms with van der Waals surface area (Å²) in [5.74, 6) is 0.173. The molecule has 1 aliphatic heterocycles. The van der Waals surface area contributed by atoms with E-state index in [0.717, 1.165) is 35.9 Å². The molecule has 1 unspecified atom stereocenters. The van der Waals surface area contributed by atoms with Gasteiger partial charge in [-0.2, -0.15) is 0 Å². The topological polar surface area (TPSA) is 55.0 Å². The van der Waals surface area contributed by atoms with Crippen LogP contribution in [0.3, 0.4) is 0 Å². The molecule has 3 rings (SSSR count). The molecule has 1 N–H and O–H groups in total. The molecule has 0 saturated carbocycles. The number of hydrogen-bond donors (Lipinski definition) is 1. The Bertz CT molecular complexity index is 541. The number of aromatic nitrogens is 2. The first-order chi connectivity index (χ1) is 8.36. The molecule has 0 aromatic carbocycles. The van der Waals surface area contributed by atoms with E-state index in [2.05, 4.69) is 9.97 Å². The van der Waals surface area contributed by atoms with Gasteiger partial charge in [0.05, 0.1) is 6.61 Å². The maximum Gasteiger partial charge on any atom is 0.170 e. The maximum atomic E-state index is 12.3. The molecule has 17 heavy (non-hydrogen) atoms. The van der Waals surface area contributed by atoms with E-state index in [-0.39, 0.29) is 11.7 Å². The first-order valence-corrected chi connectivity index (χ1v) is 5.89. The van der Waals surface area contributed by atoms with Crippen LogP contribution in [-0.4, -0.2) is 29.0 Å². The number of pyridine rings is 1. The molecule has 1 saturated heterocycles. The minimum absolute atomic E-state index is 0.00274. The second kappa shape index (κ2) is 4.30. The summed E-state index contributed by atoms with van der Waals surface area (Å²) in [6, 6.07) is 1.88. The molecule has 1 aliphatic rings. The largest absolute Gasteiger partial charge is 0.381 e. The SMILES string of the molecule is O=C(c1c[nH]c2ccncc12)C1CCCOC1. The van der Waals surface area contributed by atoms with E-state index in [0.29, 0.717) is 6.61 Å². The molecular weight excluding hydrogens is 216 g/mol. The Balaban J connectivity index is 1.95. The normalized spacial score (nSPS) is 20.6. The summed E-state index contributed by atoms with van der Waals surface area (Å²) in [4.78, 5) is 19.5. The fraction of sp³-hybridized carbons (Fsp3) is 0.385. The van der Waals surface area contributed by atoms with Gasteiger partial charge in [0.2, 0.25) is 0 Å². The third kappa shape index (κ3) is 1.85. The van der Waals surface area contributed by atoms with Gasteiger partial charge in [-0.25, -0.2) is 0 Å². The molecule has 3 heterocycles. The van der Waals surface area contributed by atoms with Crippen molar-refractivity contribution < 1.29 is 9.53 Å². The standard InChI is InChI=1S/C13H14N2O2/c16-13(9-2-1-5-17-8-9)11-7-15-12-3-4-14-6-10(11)12/h3-4,6-7,9,15H,1-2,5,8H2. The average Bonchev–Trinajstić information content (AvgIpc) is 2.83. The number of ether oxygens (including phenoxy) is 1. The van der Waals surface area contributed by atoms with Crippen LogP contribution in [0.25, 0.3) is 10.9 Å². The number of nitrogens with zero attached hydrogens (tertiary/aromatic N) is 1. The Hall–Kier alpha value is -1.68. The maximum absolute atomic E-state index is 12.3. The van der Waals surface area contributed by atoms with Gasteiger partial charge in [-0.1, -0.05) is 0 Å². The van der Waals surface area contributed by atoms with E-state index in [1.54, 1.807) is 18.6 Å². The van der Waals surface area contributed by atoms with E-state index in [1.165, 1.54) is 0 Å². The molecule has 0 spiro atoms. The smallest absolute Gasteiger partial charge is 0.170 e. The number of rotatable bonds is 2. The van der Waals surface area contributed by atoms with Crippen LogP contribution in [0.2, 0.25) is 0 Å². The van der Waals surface area contributed by atoms with Crippen molar-refractivity contribution in [3.63, 3.8) is 0 Å². The summed E-state index contributed by atoms with van der Waals surface area (Å²) < 4.78 is 5.37. The fourth-order valence-corrected chi connectivity index (χ4v) is 2.33. The lowest BCUT2D eigenvalue weighted by atomic mass is 9.93. The van der Waals surface area contributed by atoms with Gasteiger partial charge in [-0.3, -0.25) is 9.78 Å². The molecule has 0 radical (unpaired) electrons. The van der Waals surface area contributed by atoms with Gasteiger partial charge in [0.1, 0.15) is 0 Å². The van der Waals surface area contributed by atoms with Crippen molar-refractivity contribution >= 4 is 16.7 Å². The number of nitrogens with one attached hydrogen (secondary N) is 1. The summed E-state index contributed by atoms with van der Waals surface area (Å²) in [5, 5.41) is 0.906. The Labute approximate surface area is 99.0 Å². The number of Topliss-reactive ketones (excluding diaryl/α,β-unsaturated/α-hetero) is 1. The van der Waals surface area contributed by atoms with Crippen LogP contribution in [0, 0.1) is 5.92 Å². The second-order valence-electron chi connectivity index (χ2n) is 4.40. The Morgan fingerprint density at radius 2 is 2.47 bits per heavy atom. The molecule has 4 nitrogen and oxygen atoms in total. The van der Waals surface area contributed by atoms with Gasteiger partial charge in [-0.15, -0.1) is 0 Å². The van der Waals surface area contributed by atoms with Gasteiger partial charge in [0.25, 0.3) is 0 Å². The lowest BCUT2D eigenvalue weighted by Crippen LogP contribution is -2.25. The Morgan fingerprint density at radius 1 is 1.53 bits per heavy atom. The van der Waals surface area contributed by atoms with Crippen molar-refractivity contribution in [1.82, 2.24) is 9.97 Å². The number of carbonyl (C=O) groups excluding carboxylic acids is 1. The van der Waals surface area contributed by atoms with E-state index >= 15 is 0 Å². The highest BCUT2D eigenvalue weighted by Gasteiger charge is 2.24. The summed E-state index contributed by atoms with van der Waals surface area (Å²) in [7, 11) is 0. The first kappa shape index (κ1) is 10.5. The van der Waals surface area contributed by atoms with Crippen LogP contribution in [0.1, 0.15) is 23.2 Å². The van der Waals surface area contributed by atoms with Crippen molar-refractivity contribution in [2.24, 2.45) is 5.92 Å². The van der Waals surface area contributed by atoms with Crippen molar-refractivity contribution in [1.29, 1.82) is 0 Å². The number of fused-ring (bicyclic) bond motifs is 1. The van der Waals surface area contributed by atoms with Crippen LogP contribution in [-0.2, 0) is 4.74 Å². The molecule has 2 aromatic heterocycles. The minimum Gasteiger partial charge on any atom is -0.381 e. The highest BCUT2D eigenvalue weighted by Crippen LogP contribution is 2.24. The number of aromatic amines is 1. The molecular formula is C13H14N2O2. The van der Waals surface area contributed by atoms with Crippen molar-refractivity contribution in [3.8, 4) is 0 Å². The zero-order chi connectivity index (χ0) is 11.7. The molecule has 2 aromatic rings. The van der Waals surface area contributed by atoms with Crippen LogP contribution >= 0.6 is 0 Å². The first-order valence-electron chi connectivity index (χ1n) is 5.89. The van der Waals surface area contributed by atoms with E-state index in [4.69, 9.17) is 4.74 Å². The van der Waals surface area contributed by atoms with E-state index in [9.17, 15) is 4.79 Å². The zero-order valence-corrected chi connectivity index (χ0v) is 9.48. The second-order valence-corrected chi connectivity index (χ2v) is 4.40. The van der Waals surface area contributed by atoms with Gasteiger partial charge < -0.3 is 9.72 Å². The van der Waals surface area contributed by atoms with E-state index < -0.39 is 0 Å². The number of carbonyl (C=O) groups is 1. The lowest BCUT2D eigenvalue weighted by molar-refractivity contribution is 0.0462. The molecule has 1 atom stereocenters. The van der Waals surface area contributed by atoms with Crippen LogP contribution in [0.15, 0.2) is 24.7 Å². The predicted octanol–water partition coefficient (Wildman–Crippen LogP) is 2.17. The van der Waals surface area contributed by atoms with Crippen LogP contribution in [0.5, 0.6) is 0 Å².